The van der Waals surface area contributed by atoms with E-state index in [1.165, 1.54) is 0 Å². The van der Waals surface area contributed by atoms with Crippen molar-refractivity contribution in [3.05, 3.63) is 89.9 Å². The van der Waals surface area contributed by atoms with E-state index in [-0.39, 0.29) is 24.3 Å². The maximum absolute atomic E-state index is 13.8. The van der Waals surface area contributed by atoms with Gasteiger partial charge in [0.15, 0.2) is 0 Å². The van der Waals surface area contributed by atoms with Gasteiger partial charge < -0.3 is 18.8 Å². The van der Waals surface area contributed by atoms with Crippen molar-refractivity contribution in [2.75, 3.05) is 13.7 Å². The third-order valence-electron chi connectivity index (χ3n) is 7.44. The first kappa shape index (κ1) is 25.3. The number of nitriles is 1. The Hall–Kier alpha value is -4.38. The average Bonchev–Trinajstić information content (AvgIpc) is 3.59. The molecule has 0 spiro atoms. The second kappa shape index (κ2) is 10.9. The van der Waals surface area contributed by atoms with Gasteiger partial charge >= 0.3 is 0 Å². The normalized spacial score (nSPS) is 15.5. The van der Waals surface area contributed by atoms with E-state index >= 15 is 0 Å². The van der Waals surface area contributed by atoms with Crippen LogP contribution in [0.25, 0.3) is 11.3 Å². The summed E-state index contributed by atoms with van der Waals surface area (Å²) in [5.41, 5.74) is 4.36. The first-order chi connectivity index (χ1) is 18.5. The van der Waals surface area contributed by atoms with Crippen molar-refractivity contribution < 1.29 is 9.53 Å². The second-order valence-corrected chi connectivity index (χ2v) is 9.79. The summed E-state index contributed by atoms with van der Waals surface area (Å²) in [5, 5.41) is 9.06. The Labute approximate surface area is 223 Å². The van der Waals surface area contributed by atoms with E-state index in [4.69, 9.17) is 15.0 Å². The number of aromatic nitrogens is 4. The van der Waals surface area contributed by atoms with Crippen LogP contribution in [0.5, 0.6) is 5.75 Å². The minimum atomic E-state index is -0.111. The predicted octanol–water partition coefficient (Wildman–Crippen LogP) is 4.85. The molecular formula is C30H32N6O2. The summed E-state index contributed by atoms with van der Waals surface area (Å²) < 4.78 is 9.77. The molecule has 0 saturated carbocycles. The van der Waals surface area contributed by atoms with E-state index in [0.717, 1.165) is 40.5 Å². The van der Waals surface area contributed by atoms with Crippen LogP contribution in [0.2, 0.25) is 0 Å². The van der Waals surface area contributed by atoms with Crippen LogP contribution in [0.15, 0.2) is 67.3 Å². The molecule has 3 heterocycles. The molecule has 0 radical (unpaired) electrons. The first-order valence-electron chi connectivity index (χ1n) is 13.0. The van der Waals surface area contributed by atoms with Gasteiger partial charge in [0.1, 0.15) is 11.6 Å². The number of methoxy groups -OCH3 is 1. The van der Waals surface area contributed by atoms with Crippen LogP contribution in [-0.4, -0.2) is 43.6 Å². The highest BCUT2D eigenvalue weighted by atomic mass is 16.5. The van der Waals surface area contributed by atoms with Crippen molar-refractivity contribution >= 4 is 5.91 Å². The van der Waals surface area contributed by atoms with Crippen LogP contribution in [0.3, 0.4) is 0 Å². The summed E-state index contributed by atoms with van der Waals surface area (Å²) in [6.45, 7) is 6.26. The number of imidazole rings is 2. The predicted molar refractivity (Wildman–Crippen MR) is 144 cm³/mol. The first-order valence-corrected chi connectivity index (χ1v) is 13.0. The smallest absolute Gasteiger partial charge is 0.229 e. The third-order valence-corrected chi connectivity index (χ3v) is 7.44. The number of rotatable bonds is 8. The number of ether oxygens (including phenoxy) is 1. The zero-order valence-corrected chi connectivity index (χ0v) is 22.0. The quantitative estimate of drug-likeness (QED) is 0.340. The van der Waals surface area contributed by atoms with Crippen molar-refractivity contribution in [2.24, 2.45) is 5.92 Å². The number of carbonyl (C=O) groups is 1. The van der Waals surface area contributed by atoms with Crippen molar-refractivity contribution in [3.8, 4) is 23.1 Å². The molecule has 194 valence electrons. The third kappa shape index (κ3) is 4.92. The Balaban J connectivity index is 1.39. The number of benzene rings is 2. The highest BCUT2D eigenvalue weighted by Gasteiger charge is 2.36. The van der Waals surface area contributed by atoms with E-state index < -0.39 is 0 Å². The number of hydrogen-bond acceptors (Lipinski definition) is 5. The van der Waals surface area contributed by atoms with Crippen LogP contribution >= 0.6 is 0 Å². The van der Waals surface area contributed by atoms with Crippen LogP contribution in [-0.2, 0) is 24.3 Å². The number of hydrogen-bond donors (Lipinski definition) is 0. The molecule has 8 heteroatoms. The van der Waals surface area contributed by atoms with Gasteiger partial charge in [-0.15, -0.1) is 0 Å². The minimum Gasteiger partial charge on any atom is -0.496 e. The van der Waals surface area contributed by atoms with E-state index in [0.29, 0.717) is 25.2 Å². The van der Waals surface area contributed by atoms with Crippen molar-refractivity contribution in [1.82, 2.24) is 24.0 Å². The van der Waals surface area contributed by atoms with Gasteiger partial charge in [0.25, 0.3) is 0 Å². The van der Waals surface area contributed by atoms with Crippen LogP contribution in [0, 0.1) is 17.2 Å². The molecule has 1 aliphatic heterocycles. The van der Waals surface area contributed by atoms with Crippen molar-refractivity contribution in [2.45, 2.75) is 45.8 Å². The van der Waals surface area contributed by atoms with Gasteiger partial charge in [-0.2, -0.15) is 5.26 Å². The fourth-order valence-electron chi connectivity index (χ4n) is 5.17. The van der Waals surface area contributed by atoms with Gasteiger partial charge in [-0.25, -0.2) is 9.97 Å². The second-order valence-electron chi connectivity index (χ2n) is 9.79. The summed E-state index contributed by atoms with van der Waals surface area (Å²) >= 11 is 0. The number of nitrogens with zero attached hydrogens (tertiary/aromatic N) is 6. The Morgan fingerprint density at radius 1 is 1.18 bits per heavy atom. The molecule has 0 fully saturated rings. The SMILES string of the molecule is CCC(C)[C@H]1c2nc(-c3ccccc3OC)cn2CCN1C(=O)Cc1cncn1Cc1ccc(C#N)cc1. The average molecular weight is 509 g/mol. The highest BCUT2D eigenvalue weighted by Crippen LogP contribution is 2.37. The molecule has 38 heavy (non-hydrogen) atoms. The number of amides is 1. The van der Waals surface area contributed by atoms with Crippen molar-refractivity contribution in [3.63, 3.8) is 0 Å². The van der Waals surface area contributed by atoms with E-state index in [1.807, 2.05) is 58.0 Å². The number of carbonyl (C=O) groups excluding carboxylic acids is 1. The van der Waals surface area contributed by atoms with E-state index in [1.54, 1.807) is 19.6 Å². The number of para-hydroxylation sites is 1. The van der Waals surface area contributed by atoms with Crippen LogP contribution in [0.1, 0.15) is 49.0 Å². The summed E-state index contributed by atoms with van der Waals surface area (Å²) in [5.74, 6) is 2.02. The minimum absolute atomic E-state index is 0.0740. The molecule has 2 atom stereocenters. The topological polar surface area (TPSA) is 89.0 Å². The summed E-state index contributed by atoms with van der Waals surface area (Å²) in [6, 6.07) is 17.4. The Morgan fingerprint density at radius 2 is 1.97 bits per heavy atom. The fraction of sp³-hybridized carbons (Fsp3) is 0.333. The van der Waals surface area contributed by atoms with Crippen molar-refractivity contribution in [1.29, 1.82) is 5.26 Å². The molecule has 2 aromatic heterocycles. The fourth-order valence-corrected chi connectivity index (χ4v) is 5.17. The molecule has 0 aliphatic carbocycles. The maximum Gasteiger partial charge on any atom is 0.229 e. The summed E-state index contributed by atoms with van der Waals surface area (Å²) in [4.78, 5) is 25.1. The molecule has 1 aliphatic rings. The van der Waals surface area contributed by atoms with Gasteiger partial charge in [-0.3, -0.25) is 4.79 Å². The molecule has 1 unspecified atom stereocenters. The van der Waals surface area contributed by atoms with Gasteiger partial charge in [0.2, 0.25) is 5.91 Å². The zero-order chi connectivity index (χ0) is 26.6. The summed E-state index contributed by atoms with van der Waals surface area (Å²) in [7, 11) is 1.67. The molecule has 1 amide bonds. The highest BCUT2D eigenvalue weighted by molar-refractivity contribution is 5.79. The molecule has 8 nitrogen and oxygen atoms in total. The van der Waals surface area contributed by atoms with Gasteiger partial charge in [-0.1, -0.05) is 44.5 Å². The van der Waals surface area contributed by atoms with Gasteiger partial charge in [-0.05, 0) is 35.7 Å². The number of fused-ring (bicyclic) bond motifs is 1. The monoisotopic (exact) mass is 508 g/mol. The van der Waals surface area contributed by atoms with Crippen LogP contribution in [0.4, 0.5) is 0 Å². The van der Waals surface area contributed by atoms with Gasteiger partial charge in [0, 0.05) is 43.3 Å². The molecule has 5 rings (SSSR count). The van der Waals surface area contributed by atoms with Crippen LogP contribution < -0.4 is 4.74 Å². The lowest BCUT2D eigenvalue weighted by Gasteiger charge is -2.39. The lowest BCUT2D eigenvalue weighted by Crippen LogP contribution is -2.45. The Bertz CT molecular complexity index is 1460. The maximum atomic E-state index is 13.8. The summed E-state index contributed by atoms with van der Waals surface area (Å²) in [6.07, 6.45) is 6.81. The molecular weight excluding hydrogens is 476 g/mol. The standard InChI is InChI=1S/C30H32N6O2/c1-4-21(2)29-30-33-26(25-7-5-6-8-27(25)38-3)19-34(30)13-14-36(29)28(37)15-24-17-32-20-35(24)18-23-11-9-22(16-31)10-12-23/h5-12,17,19-21,29H,4,13-15,18H2,1-3H3/t21?,29-/m0/s1. The van der Waals surface area contributed by atoms with E-state index in [9.17, 15) is 4.79 Å². The molecule has 2 aromatic carbocycles. The molecule has 0 bridgehead atoms. The molecule has 4 aromatic rings. The Morgan fingerprint density at radius 3 is 2.71 bits per heavy atom. The Kier molecular flexibility index (Phi) is 7.27. The lowest BCUT2D eigenvalue weighted by molar-refractivity contribution is -0.135. The molecule has 0 N–H and O–H groups in total. The van der Waals surface area contributed by atoms with Gasteiger partial charge in [0.05, 0.1) is 43.2 Å². The lowest BCUT2D eigenvalue weighted by atomic mass is 9.95. The largest absolute Gasteiger partial charge is 0.496 e. The van der Waals surface area contributed by atoms with E-state index in [2.05, 4.69) is 35.7 Å². The zero-order valence-electron chi connectivity index (χ0n) is 22.0. The molecule has 0 saturated heterocycles.